The first-order valence-corrected chi connectivity index (χ1v) is 8.44. The molecule has 6 heteroatoms. The Morgan fingerprint density at radius 1 is 1.17 bits per heavy atom. The van der Waals surface area contributed by atoms with Crippen molar-refractivity contribution in [2.24, 2.45) is 0 Å². The van der Waals surface area contributed by atoms with Gasteiger partial charge in [-0.25, -0.2) is 9.50 Å². The highest BCUT2D eigenvalue weighted by Gasteiger charge is 2.30. The molecule has 2 aromatic heterocycles. The average molecular weight is 341 g/mol. The molecule has 1 amide bonds. The number of hydrogen-bond donors (Lipinski definition) is 1. The summed E-state index contributed by atoms with van der Waals surface area (Å²) < 4.78 is 1.61. The molecule has 5 nitrogen and oxygen atoms in total. The second-order valence-electron chi connectivity index (χ2n) is 6.15. The van der Waals surface area contributed by atoms with Crippen LogP contribution in [0.15, 0.2) is 48.9 Å². The summed E-state index contributed by atoms with van der Waals surface area (Å²) in [7, 11) is 0. The number of carbonyl (C=O) groups excluding carboxylic acids is 1. The first-order chi connectivity index (χ1) is 11.7. The minimum absolute atomic E-state index is 0.0711. The van der Waals surface area contributed by atoms with Gasteiger partial charge in [-0.15, -0.1) is 0 Å². The lowest BCUT2D eigenvalue weighted by molar-refractivity contribution is 0.0934. The summed E-state index contributed by atoms with van der Waals surface area (Å²) in [4.78, 5) is 16.7. The normalized spacial score (nSPS) is 20.4. The van der Waals surface area contributed by atoms with Crippen LogP contribution in [0.25, 0.3) is 5.65 Å². The molecule has 1 aliphatic carbocycles. The maximum Gasteiger partial charge on any atom is 0.253 e. The molecule has 122 valence electrons. The van der Waals surface area contributed by atoms with Crippen molar-refractivity contribution in [3.8, 4) is 0 Å². The first-order valence-electron chi connectivity index (χ1n) is 8.06. The van der Waals surface area contributed by atoms with Crippen LogP contribution in [0.3, 0.4) is 0 Å². The second-order valence-corrected chi connectivity index (χ2v) is 6.59. The van der Waals surface area contributed by atoms with Gasteiger partial charge in [0.15, 0.2) is 5.65 Å². The fourth-order valence-electron chi connectivity index (χ4n) is 3.44. The van der Waals surface area contributed by atoms with Crippen LogP contribution in [0.2, 0.25) is 5.02 Å². The topological polar surface area (TPSA) is 59.3 Å². The minimum Gasteiger partial charge on any atom is -0.349 e. The second kappa shape index (κ2) is 6.24. The van der Waals surface area contributed by atoms with Crippen LogP contribution in [0.5, 0.6) is 0 Å². The van der Waals surface area contributed by atoms with Crippen molar-refractivity contribution in [1.29, 1.82) is 0 Å². The van der Waals surface area contributed by atoms with Gasteiger partial charge < -0.3 is 5.32 Å². The van der Waals surface area contributed by atoms with Crippen LogP contribution in [0.1, 0.15) is 41.1 Å². The lowest BCUT2D eigenvalue weighted by atomic mass is 9.94. The number of halogens is 1. The molecule has 2 unspecified atom stereocenters. The number of nitrogens with zero attached hydrogens (tertiary/aromatic N) is 3. The van der Waals surface area contributed by atoms with Crippen LogP contribution in [0.4, 0.5) is 0 Å². The maximum atomic E-state index is 12.6. The fraction of sp³-hybridized carbons (Fsp3) is 0.278. The van der Waals surface area contributed by atoms with E-state index >= 15 is 0 Å². The molecule has 2 atom stereocenters. The highest BCUT2D eigenvalue weighted by Crippen LogP contribution is 2.35. The predicted molar refractivity (Wildman–Crippen MR) is 92.3 cm³/mol. The molecule has 24 heavy (non-hydrogen) atoms. The summed E-state index contributed by atoms with van der Waals surface area (Å²) in [5.41, 5.74) is 2.55. The largest absolute Gasteiger partial charge is 0.349 e. The van der Waals surface area contributed by atoms with Crippen LogP contribution >= 0.6 is 11.6 Å². The van der Waals surface area contributed by atoms with E-state index in [2.05, 4.69) is 27.5 Å². The maximum absolute atomic E-state index is 12.6. The molecule has 3 aromatic rings. The number of carbonyl (C=O) groups is 1. The van der Waals surface area contributed by atoms with E-state index in [1.54, 1.807) is 22.8 Å². The van der Waals surface area contributed by atoms with Crippen LogP contribution in [0, 0.1) is 0 Å². The van der Waals surface area contributed by atoms with E-state index in [1.807, 2.05) is 12.1 Å². The zero-order chi connectivity index (χ0) is 16.5. The van der Waals surface area contributed by atoms with Gasteiger partial charge in [-0.05, 0) is 42.7 Å². The zero-order valence-electron chi connectivity index (χ0n) is 13.0. The third kappa shape index (κ3) is 2.87. The van der Waals surface area contributed by atoms with Crippen molar-refractivity contribution >= 4 is 23.2 Å². The van der Waals surface area contributed by atoms with Crippen molar-refractivity contribution in [2.45, 2.75) is 31.2 Å². The number of fused-ring (bicyclic) bond motifs is 1. The van der Waals surface area contributed by atoms with Gasteiger partial charge in [-0.2, -0.15) is 5.10 Å². The van der Waals surface area contributed by atoms with Gasteiger partial charge in [0.1, 0.15) is 6.33 Å². The third-order valence-corrected chi connectivity index (χ3v) is 4.92. The zero-order valence-corrected chi connectivity index (χ0v) is 13.8. The Morgan fingerprint density at radius 3 is 2.83 bits per heavy atom. The van der Waals surface area contributed by atoms with Crippen molar-refractivity contribution in [3.05, 3.63) is 65.1 Å². The van der Waals surface area contributed by atoms with Crippen LogP contribution in [-0.4, -0.2) is 26.5 Å². The summed E-state index contributed by atoms with van der Waals surface area (Å²) in [5.74, 6) is 0.264. The Kier molecular flexibility index (Phi) is 3.94. The summed E-state index contributed by atoms with van der Waals surface area (Å²) in [6, 6.07) is 11.7. The van der Waals surface area contributed by atoms with Crippen molar-refractivity contribution < 1.29 is 4.79 Å². The molecular formula is C18H17ClN4O. The van der Waals surface area contributed by atoms with Crippen molar-refractivity contribution in [3.63, 3.8) is 0 Å². The molecule has 1 N–H and O–H groups in total. The number of rotatable bonds is 3. The molecule has 0 saturated heterocycles. The molecule has 0 spiro atoms. The SMILES string of the molecule is O=C(NC1CCCC1c1ccc(Cl)cc1)c1ccc2ncnn2c1. The fourth-order valence-corrected chi connectivity index (χ4v) is 3.57. The summed E-state index contributed by atoms with van der Waals surface area (Å²) >= 11 is 5.97. The molecule has 0 radical (unpaired) electrons. The standard InChI is InChI=1S/C18H17ClN4O/c19-14-7-4-12(5-8-14)15-2-1-3-16(15)22-18(24)13-6-9-17-20-11-21-23(17)10-13/h4-11,15-16H,1-3H2,(H,22,24). The van der Waals surface area contributed by atoms with E-state index in [-0.39, 0.29) is 11.9 Å². The molecule has 1 saturated carbocycles. The molecular weight excluding hydrogens is 324 g/mol. The number of benzene rings is 1. The number of nitrogens with one attached hydrogen (secondary N) is 1. The van der Waals surface area contributed by atoms with Gasteiger partial charge in [-0.1, -0.05) is 30.2 Å². The van der Waals surface area contributed by atoms with Gasteiger partial charge in [-0.3, -0.25) is 4.79 Å². The molecule has 1 fully saturated rings. The third-order valence-electron chi connectivity index (χ3n) is 4.67. The van der Waals surface area contributed by atoms with Gasteiger partial charge in [0.25, 0.3) is 5.91 Å². The molecule has 1 aliphatic rings. The highest BCUT2D eigenvalue weighted by atomic mass is 35.5. The molecule has 2 heterocycles. The van der Waals surface area contributed by atoms with Gasteiger partial charge in [0.2, 0.25) is 0 Å². The van der Waals surface area contributed by atoms with E-state index in [4.69, 9.17) is 11.6 Å². The summed E-state index contributed by atoms with van der Waals surface area (Å²) in [6.07, 6.45) is 6.37. The monoisotopic (exact) mass is 340 g/mol. The Morgan fingerprint density at radius 2 is 2.00 bits per heavy atom. The Bertz CT molecular complexity index is 874. The van der Waals surface area contributed by atoms with Crippen molar-refractivity contribution in [2.75, 3.05) is 0 Å². The van der Waals surface area contributed by atoms with E-state index in [9.17, 15) is 4.79 Å². The minimum atomic E-state index is -0.0711. The molecule has 0 bridgehead atoms. The lowest BCUT2D eigenvalue weighted by Crippen LogP contribution is -2.36. The average Bonchev–Trinajstić information content (AvgIpc) is 3.24. The number of hydrogen-bond acceptors (Lipinski definition) is 3. The van der Waals surface area contributed by atoms with E-state index in [0.717, 1.165) is 29.9 Å². The Balaban J connectivity index is 1.52. The smallest absolute Gasteiger partial charge is 0.253 e. The van der Waals surface area contributed by atoms with Gasteiger partial charge >= 0.3 is 0 Å². The lowest BCUT2D eigenvalue weighted by Gasteiger charge is -2.21. The number of amides is 1. The quantitative estimate of drug-likeness (QED) is 0.794. The first kappa shape index (κ1) is 15.1. The summed E-state index contributed by atoms with van der Waals surface area (Å²) in [6.45, 7) is 0. The molecule has 4 rings (SSSR count). The Labute approximate surface area is 144 Å². The highest BCUT2D eigenvalue weighted by molar-refractivity contribution is 6.30. The van der Waals surface area contributed by atoms with Gasteiger partial charge in [0, 0.05) is 23.2 Å². The molecule has 1 aromatic carbocycles. The predicted octanol–water partition coefficient (Wildman–Crippen LogP) is 3.45. The number of aromatic nitrogens is 3. The van der Waals surface area contributed by atoms with E-state index < -0.39 is 0 Å². The molecule has 0 aliphatic heterocycles. The van der Waals surface area contributed by atoms with Crippen molar-refractivity contribution in [1.82, 2.24) is 19.9 Å². The Hall–Kier alpha value is -2.40. The van der Waals surface area contributed by atoms with Crippen LogP contribution in [-0.2, 0) is 0 Å². The van der Waals surface area contributed by atoms with E-state index in [1.165, 1.54) is 11.9 Å². The summed E-state index contributed by atoms with van der Waals surface area (Å²) in [5, 5.41) is 7.99. The van der Waals surface area contributed by atoms with E-state index in [0.29, 0.717) is 11.5 Å². The number of pyridine rings is 1. The van der Waals surface area contributed by atoms with Crippen LogP contribution < -0.4 is 5.32 Å². The van der Waals surface area contributed by atoms with Gasteiger partial charge in [0.05, 0.1) is 5.56 Å².